The molecule has 19 heavy (non-hydrogen) atoms. The van der Waals surface area contributed by atoms with E-state index >= 15 is 0 Å². The quantitative estimate of drug-likeness (QED) is 0.756. The third-order valence-corrected chi connectivity index (χ3v) is 3.63. The zero-order chi connectivity index (χ0) is 13.7. The highest BCUT2D eigenvalue weighted by Gasteiger charge is 2.20. The molecule has 0 radical (unpaired) electrons. The highest BCUT2D eigenvalue weighted by atomic mass is 16.4. The number of aromatic nitrogens is 2. The van der Waals surface area contributed by atoms with Crippen molar-refractivity contribution in [1.29, 1.82) is 0 Å². The Bertz CT molecular complexity index is 450. The van der Waals surface area contributed by atoms with Crippen LogP contribution in [0.5, 0.6) is 0 Å². The third kappa shape index (κ3) is 3.56. The van der Waals surface area contributed by atoms with Crippen LogP contribution >= 0.6 is 0 Å². The fourth-order valence-electron chi connectivity index (χ4n) is 2.58. The molecule has 0 bridgehead atoms. The number of carboxylic acids is 1. The van der Waals surface area contributed by atoms with Crippen LogP contribution in [0.4, 0.5) is 0 Å². The van der Waals surface area contributed by atoms with Gasteiger partial charge in [-0.2, -0.15) is 0 Å². The van der Waals surface area contributed by atoms with Gasteiger partial charge in [0.1, 0.15) is 0 Å². The van der Waals surface area contributed by atoms with Crippen LogP contribution in [0, 0.1) is 5.92 Å². The number of carbonyl (C=O) groups is 2. The van der Waals surface area contributed by atoms with Crippen molar-refractivity contribution in [2.75, 3.05) is 6.54 Å². The number of H-pyrrole nitrogens is 1. The van der Waals surface area contributed by atoms with Gasteiger partial charge in [-0.05, 0) is 12.3 Å². The summed E-state index contributed by atoms with van der Waals surface area (Å²) in [5, 5.41) is 11.6. The molecule has 0 unspecified atom stereocenters. The lowest BCUT2D eigenvalue weighted by molar-refractivity contribution is 0.0685. The molecular formula is C13H19N3O3. The van der Waals surface area contributed by atoms with Crippen LogP contribution in [0.1, 0.15) is 59.5 Å². The van der Waals surface area contributed by atoms with Crippen LogP contribution in [-0.2, 0) is 0 Å². The Hall–Kier alpha value is -1.85. The van der Waals surface area contributed by atoms with Gasteiger partial charge in [0.15, 0.2) is 11.4 Å². The number of amides is 1. The lowest BCUT2D eigenvalue weighted by Crippen LogP contribution is -2.28. The lowest BCUT2D eigenvalue weighted by atomic mass is 9.87. The molecule has 6 nitrogen and oxygen atoms in total. The van der Waals surface area contributed by atoms with Crippen molar-refractivity contribution in [2.24, 2.45) is 5.92 Å². The highest BCUT2D eigenvalue weighted by Crippen LogP contribution is 2.25. The van der Waals surface area contributed by atoms with Gasteiger partial charge in [-0.1, -0.05) is 32.1 Å². The molecular weight excluding hydrogens is 246 g/mol. The summed E-state index contributed by atoms with van der Waals surface area (Å²) in [6.07, 6.45) is 8.52. The first-order valence-corrected chi connectivity index (χ1v) is 6.73. The Morgan fingerprint density at radius 1 is 1.37 bits per heavy atom. The van der Waals surface area contributed by atoms with Crippen LogP contribution in [-0.4, -0.2) is 33.5 Å². The summed E-state index contributed by atoms with van der Waals surface area (Å²) in [4.78, 5) is 28.9. The van der Waals surface area contributed by atoms with E-state index in [-0.39, 0.29) is 11.4 Å². The van der Waals surface area contributed by atoms with Crippen molar-refractivity contribution >= 4 is 11.9 Å². The monoisotopic (exact) mass is 265 g/mol. The Balaban J connectivity index is 1.80. The molecule has 1 aromatic rings. The van der Waals surface area contributed by atoms with Crippen LogP contribution < -0.4 is 5.32 Å². The van der Waals surface area contributed by atoms with Gasteiger partial charge in [-0.25, -0.2) is 9.78 Å². The molecule has 0 spiro atoms. The molecule has 0 aromatic carbocycles. The summed E-state index contributed by atoms with van der Waals surface area (Å²) in [5.74, 6) is -0.906. The molecule has 1 aliphatic rings. The Morgan fingerprint density at radius 3 is 2.79 bits per heavy atom. The van der Waals surface area contributed by atoms with Gasteiger partial charge in [0.25, 0.3) is 5.91 Å². The maximum absolute atomic E-state index is 11.8. The summed E-state index contributed by atoms with van der Waals surface area (Å²) in [5.41, 5.74) is -0.202. The number of imidazole rings is 1. The predicted molar refractivity (Wildman–Crippen MR) is 69.1 cm³/mol. The van der Waals surface area contributed by atoms with Crippen LogP contribution in [0.2, 0.25) is 0 Å². The first kappa shape index (κ1) is 13.6. The van der Waals surface area contributed by atoms with Crippen molar-refractivity contribution in [3.05, 3.63) is 17.7 Å². The fraction of sp³-hybridized carbons (Fsp3) is 0.615. The second kappa shape index (κ2) is 6.36. The van der Waals surface area contributed by atoms with E-state index in [0.717, 1.165) is 6.42 Å². The van der Waals surface area contributed by atoms with E-state index in [0.29, 0.717) is 12.5 Å². The average molecular weight is 265 g/mol. The molecule has 6 heteroatoms. The molecule has 1 fully saturated rings. The number of nitrogens with zero attached hydrogens (tertiary/aromatic N) is 1. The van der Waals surface area contributed by atoms with Crippen LogP contribution in [0.15, 0.2) is 6.33 Å². The maximum Gasteiger partial charge on any atom is 0.354 e. The predicted octanol–water partition coefficient (Wildman–Crippen LogP) is 1.81. The molecule has 1 amide bonds. The van der Waals surface area contributed by atoms with Crippen LogP contribution in [0.3, 0.4) is 0 Å². The minimum atomic E-state index is -1.17. The van der Waals surface area contributed by atoms with Crippen molar-refractivity contribution in [3.8, 4) is 0 Å². The number of aromatic amines is 1. The van der Waals surface area contributed by atoms with Gasteiger partial charge >= 0.3 is 5.97 Å². The molecule has 1 saturated carbocycles. The SMILES string of the molecule is O=C(NCCC1CCCCC1)c1nc[nH]c1C(=O)O. The Labute approximate surface area is 111 Å². The van der Waals surface area contributed by atoms with E-state index in [1.807, 2.05) is 0 Å². The van der Waals surface area contributed by atoms with Gasteiger partial charge in [-0.15, -0.1) is 0 Å². The summed E-state index contributed by atoms with van der Waals surface area (Å²) < 4.78 is 0. The van der Waals surface area contributed by atoms with E-state index in [1.54, 1.807) is 0 Å². The first-order valence-electron chi connectivity index (χ1n) is 6.73. The molecule has 2 rings (SSSR count). The number of rotatable bonds is 5. The summed E-state index contributed by atoms with van der Waals surface area (Å²) in [6.45, 7) is 0.579. The molecule has 3 N–H and O–H groups in total. The van der Waals surface area contributed by atoms with E-state index in [4.69, 9.17) is 5.11 Å². The molecule has 104 valence electrons. The normalized spacial score (nSPS) is 16.2. The topological polar surface area (TPSA) is 95.1 Å². The smallest absolute Gasteiger partial charge is 0.354 e. The molecule has 0 atom stereocenters. The third-order valence-electron chi connectivity index (χ3n) is 3.63. The van der Waals surface area contributed by atoms with Gasteiger partial charge in [-0.3, -0.25) is 4.79 Å². The van der Waals surface area contributed by atoms with E-state index in [2.05, 4.69) is 15.3 Å². The molecule has 1 aliphatic carbocycles. The number of hydrogen-bond acceptors (Lipinski definition) is 3. The standard InChI is InChI=1S/C13H19N3O3/c17-12(10-11(13(18)19)16-8-15-10)14-7-6-9-4-2-1-3-5-9/h8-9H,1-7H2,(H,14,17)(H,15,16)(H,18,19). The molecule has 0 aliphatic heterocycles. The lowest BCUT2D eigenvalue weighted by Gasteiger charge is -2.21. The minimum absolute atomic E-state index is 0.0452. The van der Waals surface area contributed by atoms with Crippen molar-refractivity contribution < 1.29 is 14.7 Å². The van der Waals surface area contributed by atoms with Crippen molar-refractivity contribution in [3.63, 3.8) is 0 Å². The van der Waals surface area contributed by atoms with Crippen LogP contribution in [0.25, 0.3) is 0 Å². The fourth-order valence-corrected chi connectivity index (χ4v) is 2.58. The summed E-state index contributed by atoms with van der Waals surface area (Å²) >= 11 is 0. The number of hydrogen-bond donors (Lipinski definition) is 3. The minimum Gasteiger partial charge on any atom is -0.477 e. The maximum atomic E-state index is 11.8. The Morgan fingerprint density at radius 2 is 2.11 bits per heavy atom. The second-order valence-electron chi connectivity index (χ2n) is 4.98. The zero-order valence-electron chi connectivity index (χ0n) is 10.8. The first-order chi connectivity index (χ1) is 9.18. The Kier molecular flexibility index (Phi) is 4.54. The zero-order valence-corrected chi connectivity index (χ0v) is 10.8. The molecule has 1 heterocycles. The number of aromatic carboxylic acids is 1. The van der Waals surface area contributed by atoms with Gasteiger partial charge in [0.05, 0.1) is 6.33 Å². The molecule has 1 aromatic heterocycles. The summed E-state index contributed by atoms with van der Waals surface area (Å²) in [6, 6.07) is 0. The largest absolute Gasteiger partial charge is 0.477 e. The van der Waals surface area contributed by atoms with E-state index in [1.165, 1.54) is 38.4 Å². The van der Waals surface area contributed by atoms with E-state index in [9.17, 15) is 9.59 Å². The number of carboxylic acid groups (broad SMARTS) is 1. The number of nitrogens with one attached hydrogen (secondary N) is 2. The van der Waals surface area contributed by atoms with Gasteiger partial charge in [0.2, 0.25) is 0 Å². The highest BCUT2D eigenvalue weighted by molar-refractivity contribution is 6.02. The number of carbonyl (C=O) groups excluding carboxylic acids is 1. The molecule has 0 saturated heterocycles. The van der Waals surface area contributed by atoms with Gasteiger partial charge in [0, 0.05) is 6.54 Å². The van der Waals surface area contributed by atoms with Gasteiger partial charge < -0.3 is 15.4 Å². The van der Waals surface area contributed by atoms with E-state index < -0.39 is 11.9 Å². The second-order valence-corrected chi connectivity index (χ2v) is 4.98. The van der Waals surface area contributed by atoms with Crippen molar-refractivity contribution in [2.45, 2.75) is 38.5 Å². The average Bonchev–Trinajstić information content (AvgIpc) is 2.89. The van der Waals surface area contributed by atoms with Crippen molar-refractivity contribution in [1.82, 2.24) is 15.3 Å². The summed E-state index contributed by atoms with van der Waals surface area (Å²) in [7, 11) is 0.